The zero-order chi connectivity index (χ0) is 26.4. The van der Waals surface area contributed by atoms with Crippen LogP contribution < -0.4 is 0 Å². The van der Waals surface area contributed by atoms with Crippen molar-refractivity contribution in [2.75, 3.05) is 0 Å². The summed E-state index contributed by atoms with van der Waals surface area (Å²) in [6, 6.07) is 9.82. The van der Waals surface area contributed by atoms with Crippen LogP contribution in [0.1, 0.15) is 172 Å². The molecule has 212 valence electrons. The van der Waals surface area contributed by atoms with Crippen molar-refractivity contribution in [1.82, 2.24) is 0 Å². The summed E-state index contributed by atoms with van der Waals surface area (Å²) >= 11 is 0. The molecule has 0 saturated heterocycles. The molecule has 0 nitrogen and oxygen atoms in total. The van der Waals surface area contributed by atoms with Crippen molar-refractivity contribution in [2.45, 2.75) is 172 Å². The van der Waals surface area contributed by atoms with Crippen LogP contribution in [0.2, 0.25) is 11.6 Å². The van der Waals surface area contributed by atoms with Gasteiger partial charge in [-0.3, -0.25) is 0 Å². The SMILES string of the molecule is CCCC(BC1CCCC/C=C/CCCCCCC2CCC2c2ccccc2C2CCCC2CC1)CCC. The first-order valence-corrected chi connectivity index (χ1v) is 17.5. The van der Waals surface area contributed by atoms with Crippen molar-refractivity contribution < 1.29 is 0 Å². The van der Waals surface area contributed by atoms with Crippen molar-refractivity contribution in [3.05, 3.63) is 47.5 Å². The smallest absolute Gasteiger partial charge is 0.0885 e. The van der Waals surface area contributed by atoms with Crippen molar-refractivity contribution in [1.29, 1.82) is 0 Å². The Labute approximate surface area is 238 Å². The molecule has 0 amide bonds. The average Bonchev–Trinajstić information content (AvgIpc) is 3.37. The molecule has 1 heteroatoms. The molecule has 1 aromatic carbocycles. The summed E-state index contributed by atoms with van der Waals surface area (Å²) in [5.74, 6) is 5.53. The second kappa shape index (κ2) is 17.0. The molecule has 3 aliphatic rings. The number of benzene rings is 1. The molecule has 38 heavy (non-hydrogen) atoms. The van der Waals surface area contributed by atoms with Crippen LogP contribution in [0, 0.1) is 11.8 Å². The third-order valence-electron chi connectivity index (χ3n) is 11.0. The molecule has 1 aromatic rings. The van der Waals surface area contributed by atoms with Gasteiger partial charge >= 0.3 is 0 Å². The molecular formula is C37H61B. The Morgan fingerprint density at radius 2 is 1.18 bits per heavy atom. The van der Waals surface area contributed by atoms with Gasteiger partial charge in [-0.1, -0.05) is 139 Å². The monoisotopic (exact) mass is 516 g/mol. The summed E-state index contributed by atoms with van der Waals surface area (Å²) in [5.41, 5.74) is 3.56. The molecule has 3 aliphatic carbocycles. The first-order chi connectivity index (χ1) is 18.8. The van der Waals surface area contributed by atoms with E-state index >= 15 is 0 Å². The Bertz CT molecular complexity index is 790. The van der Waals surface area contributed by atoms with Gasteiger partial charge in [0.15, 0.2) is 0 Å². The van der Waals surface area contributed by atoms with Crippen molar-refractivity contribution in [3.8, 4) is 0 Å². The van der Waals surface area contributed by atoms with Crippen LogP contribution in [0.3, 0.4) is 0 Å². The minimum absolute atomic E-state index is 0.842. The summed E-state index contributed by atoms with van der Waals surface area (Å²) in [6.07, 6.45) is 35.1. The molecule has 0 radical (unpaired) electrons. The fourth-order valence-corrected chi connectivity index (χ4v) is 8.75. The predicted octanol–water partition coefficient (Wildman–Crippen LogP) is 11.9. The predicted molar refractivity (Wildman–Crippen MR) is 171 cm³/mol. The Hall–Kier alpha value is -0.975. The lowest BCUT2D eigenvalue weighted by molar-refractivity contribution is 0.229. The van der Waals surface area contributed by atoms with E-state index in [-0.39, 0.29) is 0 Å². The van der Waals surface area contributed by atoms with E-state index in [2.05, 4.69) is 50.3 Å². The van der Waals surface area contributed by atoms with Crippen molar-refractivity contribution in [3.63, 3.8) is 0 Å². The van der Waals surface area contributed by atoms with Crippen molar-refractivity contribution >= 4 is 7.28 Å². The highest BCUT2D eigenvalue weighted by Crippen LogP contribution is 2.51. The third-order valence-corrected chi connectivity index (χ3v) is 11.0. The van der Waals surface area contributed by atoms with Crippen LogP contribution in [0.15, 0.2) is 36.4 Å². The van der Waals surface area contributed by atoms with Gasteiger partial charge in [-0.15, -0.1) is 0 Å². The van der Waals surface area contributed by atoms with Gasteiger partial charge in [0.25, 0.3) is 0 Å². The largest absolute Gasteiger partial charge is 0.127 e. The zero-order valence-corrected chi connectivity index (χ0v) is 25.5. The molecule has 0 aromatic heterocycles. The normalized spacial score (nSPS) is 30.8. The molecule has 5 atom stereocenters. The highest BCUT2D eigenvalue weighted by Gasteiger charge is 2.36. The minimum atomic E-state index is 0.842. The van der Waals surface area contributed by atoms with Gasteiger partial charge in [0, 0.05) is 0 Å². The maximum Gasteiger partial charge on any atom is 0.127 e. The summed E-state index contributed by atoms with van der Waals surface area (Å²) in [6.45, 7) is 4.80. The second-order valence-electron chi connectivity index (χ2n) is 13.7. The van der Waals surface area contributed by atoms with E-state index in [4.69, 9.17) is 0 Å². The van der Waals surface area contributed by atoms with Gasteiger partial charge in [-0.05, 0) is 92.6 Å². The minimum Gasteiger partial charge on any atom is -0.0885 e. The molecule has 0 bridgehead atoms. The summed E-state index contributed by atoms with van der Waals surface area (Å²) in [4.78, 5) is 0. The molecule has 2 saturated carbocycles. The van der Waals surface area contributed by atoms with Crippen LogP contribution in [-0.4, -0.2) is 7.28 Å². The van der Waals surface area contributed by atoms with E-state index < -0.39 is 0 Å². The van der Waals surface area contributed by atoms with E-state index in [1.165, 1.54) is 142 Å². The second-order valence-corrected chi connectivity index (χ2v) is 13.7. The standard InChI is InChI=1S/C37H61B/c1-3-18-32(19-4-2)38-33-22-14-12-10-8-6-5-7-9-11-13-20-30-27-29-35(30)37-24-16-15-23-36(37)34-25-17-21-31(34)26-28-33/h6,8,15-16,23-24,30-35,38H,3-5,7,9-14,17-22,25-29H2,1-2H3/b8-6+. The van der Waals surface area contributed by atoms with Gasteiger partial charge in [-0.25, -0.2) is 0 Å². The Morgan fingerprint density at radius 1 is 0.605 bits per heavy atom. The molecular weight excluding hydrogens is 455 g/mol. The highest BCUT2D eigenvalue weighted by atomic mass is 14.4. The van der Waals surface area contributed by atoms with Crippen LogP contribution >= 0.6 is 0 Å². The summed E-state index contributed by atoms with van der Waals surface area (Å²) in [5, 5.41) is 0. The summed E-state index contributed by atoms with van der Waals surface area (Å²) in [7, 11) is 1.51. The lowest BCUT2D eigenvalue weighted by Gasteiger charge is -2.39. The first-order valence-electron chi connectivity index (χ1n) is 17.5. The number of allylic oxidation sites excluding steroid dienone is 2. The molecule has 0 aliphatic heterocycles. The Morgan fingerprint density at radius 3 is 1.84 bits per heavy atom. The number of rotatable bonds is 6. The molecule has 0 N–H and O–H groups in total. The van der Waals surface area contributed by atoms with Gasteiger partial charge in [0.2, 0.25) is 0 Å². The Balaban J connectivity index is 1.46. The van der Waals surface area contributed by atoms with Crippen LogP contribution in [0.5, 0.6) is 0 Å². The van der Waals surface area contributed by atoms with Gasteiger partial charge < -0.3 is 0 Å². The maximum absolute atomic E-state index is 2.56. The summed E-state index contributed by atoms with van der Waals surface area (Å²) < 4.78 is 0. The average molecular weight is 517 g/mol. The van der Waals surface area contributed by atoms with E-state index in [0.717, 1.165) is 35.3 Å². The van der Waals surface area contributed by atoms with Crippen LogP contribution in [-0.2, 0) is 0 Å². The zero-order valence-electron chi connectivity index (χ0n) is 25.5. The van der Waals surface area contributed by atoms with Crippen LogP contribution in [0.4, 0.5) is 0 Å². The van der Waals surface area contributed by atoms with E-state index in [9.17, 15) is 0 Å². The van der Waals surface area contributed by atoms with Gasteiger partial charge in [-0.2, -0.15) is 0 Å². The molecule has 0 spiro atoms. The fraction of sp³-hybridized carbons (Fsp3) is 0.784. The van der Waals surface area contributed by atoms with Gasteiger partial charge in [0.05, 0.1) is 0 Å². The third kappa shape index (κ3) is 9.03. The Kier molecular flexibility index (Phi) is 13.4. The molecule has 4 rings (SSSR count). The first kappa shape index (κ1) is 30.0. The van der Waals surface area contributed by atoms with E-state index in [1.54, 1.807) is 11.1 Å². The topological polar surface area (TPSA) is 0 Å². The lowest BCUT2D eigenvalue weighted by Crippen LogP contribution is -2.25. The quantitative estimate of drug-likeness (QED) is 0.260. The molecule has 0 heterocycles. The fourth-order valence-electron chi connectivity index (χ4n) is 8.75. The maximum atomic E-state index is 2.56. The number of hydrogen-bond donors (Lipinski definition) is 0. The molecule has 5 unspecified atom stereocenters. The van der Waals surface area contributed by atoms with E-state index in [1.807, 2.05) is 0 Å². The lowest BCUT2D eigenvalue weighted by atomic mass is 9.50. The highest BCUT2D eigenvalue weighted by molar-refractivity contribution is 6.39. The van der Waals surface area contributed by atoms with E-state index in [0.29, 0.717) is 0 Å². The van der Waals surface area contributed by atoms with Gasteiger partial charge in [0.1, 0.15) is 7.28 Å². The van der Waals surface area contributed by atoms with Crippen molar-refractivity contribution in [2.24, 2.45) is 11.8 Å². The number of hydrogen-bond acceptors (Lipinski definition) is 0. The number of fused-ring (bicyclic) bond motifs is 5. The van der Waals surface area contributed by atoms with Crippen LogP contribution in [0.25, 0.3) is 0 Å². The molecule has 2 fully saturated rings.